The third-order valence-corrected chi connectivity index (χ3v) is 11.8. The smallest absolute Gasteiger partial charge is 0.335 e. The van der Waals surface area contributed by atoms with Gasteiger partial charge in [0.2, 0.25) is 0 Å². The highest BCUT2D eigenvalue weighted by Crippen LogP contribution is 2.26. The Hall–Kier alpha value is -4.62. The minimum atomic E-state index is -1.93. The molecule has 6 atom stereocenters. The van der Waals surface area contributed by atoms with E-state index in [2.05, 4.69) is 99.8 Å². The summed E-state index contributed by atoms with van der Waals surface area (Å²) in [6.07, 6.45) is 52.5. The largest absolute Gasteiger partial charge is 0.479 e. The van der Waals surface area contributed by atoms with Crippen LogP contribution in [0.3, 0.4) is 0 Å². The summed E-state index contributed by atoms with van der Waals surface area (Å²) >= 11 is 0. The van der Waals surface area contributed by atoms with Crippen molar-refractivity contribution in [2.24, 2.45) is 0 Å². The normalized spacial score (nSPS) is 19.2. The summed E-state index contributed by atoms with van der Waals surface area (Å²) in [6.45, 7) is 5.60. The molecule has 412 valence electrons. The Bertz CT molecular complexity index is 1690. The minimum Gasteiger partial charge on any atom is -0.479 e. The molecule has 0 aromatic rings. The molecule has 1 saturated heterocycles. The monoisotopic (exact) mass is 1020 g/mol. The number of hydrogen-bond donors (Lipinski definition) is 3. The zero-order chi connectivity index (χ0) is 53.3. The first-order chi connectivity index (χ1) is 35.6. The Kier molecular flexibility index (Phi) is 44.0. The second-order valence-corrected chi connectivity index (χ2v) is 18.4. The van der Waals surface area contributed by atoms with E-state index in [0.29, 0.717) is 25.7 Å². The van der Waals surface area contributed by atoms with Crippen LogP contribution in [-0.4, -0.2) is 89.2 Å². The fraction of sp³-hybridized carbons (Fsp3) is 0.639. The number of hydrogen-bond acceptors (Lipinski definition) is 11. The highest BCUT2D eigenvalue weighted by atomic mass is 16.7. The maximum atomic E-state index is 13.0. The summed E-state index contributed by atoms with van der Waals surface area (Å²) in [5, 5.41) is 31.4. The number of unbranched alkanes of at least 4 members (excludes halogenated alkanes) is 13. The van der Waals surface area contributed by atoms with Gasteiger partial charge in [0.15, 0.2) is 24.6 Å². The van der Waals surface area contributed by atoms with Gasteiger partial charge >= 0.3 is 23.9 Å². The molecular weight excluding hydrogens is 925 g/mol. The van der Waals surface area contributed by atoms with Crippen LogP contribution >= 0.6 is 0 Å². The van der Waals surface area contributed by atoms with E-state index in [0.717, 1.165) is 96.3 Å². The van der Waals surface area contributed by atoms with Crippen molar-refractivity contribution in [3.8, 4) is 0 Å². The van der Waals surface area contributed by atoms with Crippen LogP contribution in [0.4, 0.5) is 0 Å². The fourth-order valence-corrected chi connectivity index (χ4v) is 7.62. The van der Waals surface area contributed by atoms with Crippen molar-refractivity contribution >= 4 is 23.9 Å². The average molecular weight is 1020 g/mol. The molecule has 1 aliphatic heterocycles. The highest BCUT2D eigenvalue weighted by Gasteiger charge is 2.50. The van der Waals surface area contributed by atoms with E-state index < -0.39 is 67.3 Å². The summed E-state index contributed by atoms with van der Waals surface area (Å²) in [6, 6.07) is 0. The molecule has 1 heterocycles. The van der Waals surface area contributed by atoms with Crippen LogP contribution < -0.4 is 0 Å². The molecule has 73 heavy (non-hydrogen) atoms. The lowest BCUT2D eigenvalue weighted by Gasteiger charge is -2.40. The van der Waals surface area contributed by atoms with E-state index in [9.17, 15) is 34.5 Å². The first kappa shape index (κ1) is 66.4. The van der Waals surface area contributed by atoms with Crippen molar-refractivity contribution in [3.05, 3.63) is 109 Å². The van der Waals surface area contributed by atoms with E-state index in [-0.39, 0.29) is 25.9 Å². The molecule has 1 aliphatic rings. The molecule has 3 N–H and O–H groups in total. The number of aliphatic hydroxyl groups excluding tert-OH is 2. The van der Waals surface area contributed by atoms with Gasteiger partial charge in [-0.2, -0.15) is 0 Å². The van der Waals surface area contributed by atoms with E-state index in [4.69, 9.17) is 23.7 Å². The Morgan fingerprint density at radius 2 is 0.890 bits per heavy atom. The van der Waals surface area contributed by atoms with Crippen molar-refractivity contribution < 1.29 is 58.2 Å². The van der Waals surface area contributed by atoms with Crippen molar-refractivity contribution in [2.45, 2.75) is 237 Å². The molecule has 1 rings (SSSR count). The zero-order valence-electron chi connectivity index (χ0n) is 45.1. The van der Waals surface area contributed by atoms with E-state index in [1.54, 1.807) is 0 Å². The van der Waals surface area contributed by atoms with Crippen molar-refractivity contribution in [2.75, 3.05) is 13.2 Å². The lowest BCUT2D eigenvalue weighted by molar-refractivity contribution is -0.301. The van der Waals surface area contributed by atoms with Gasteiger partial charge in [0.1, 0.15) is 18.8 Å². The molecule has 0 saturated carbocycles. The van der Waals surface area contributed by atoms with Crippen LogP contribution in [0.1, 0.15) is 201 Å². The first-order valence-electron chi connectivity index (χ1n) is 27.9. The highest BCUT2D eigenvalue weighted by molar-refractivity contribution is 5.74. The Balaban J connectivity index is 2.78. The van der Waals surface area contributed by atoms with Crippen LogP contribution in [0.25, 0.3) is 0 Å². The van der Waals surface area contributed by atoms with Crippen molar-refractivity contribution in [1.29, 1.82) is 0 Å². The number of rotatable bonds is 45. The fourth-order valence-electron chi connectivity index (χ4n) is 7.62. The number of carbonyl (C=O) groups excluding carboxylic acids is 3. The average Bonchev–Trinajstić information content (AvgIpc) is 3.37. The van der Waals surface area contributed by atoms with Gasteiger partial charge in [-0.05, 0) is 96.3 Å². The van der Waals surface area contributed by atoms with Gasteiger partial charge in [-0.1, -0.05) is 194 Å². The number of carbonyl (C=O) groups is 4. The SMILES string of the molecule is CC/C=C\C/C=C\C/C=C\C/C=C\CCC(=O)OCC(COC1OC(C(=O)O)C(O)C(O)C1OC(=O)CCCCCCCCC/C=C\CCCCCCCC)OC(=O)CC/C=C\C/C=C\C/C=C\C/C=C\CC. The van der Waals surface area contributed by atoms with Gasteiger partial charge in [0, 0.05) is 19.3 Å². The van der Waals surface area contributed by atoms with Gasteiger partial charge in [-0.3, -0.25) is 14.4 Å². The lowest BCUT2D eigenvalue weighted by atomic mass is 9.98. The second kappa shape index (κ2) is 48.3. The predicted octanol–water partition coefficient (Wildman–Crippen LogP) is 13.9. The Morgan fingerprint density at radius 1 is 0.466 bits per heavy atom. The predicted molar refractivity (Wildman–Crippen MR) is 294 cm³/mol. The zero-order valence-corrected chi connectivity index (χ0v) is 45.1. The standard InChI is InChI=1S/C61H96O12/c1-4-7-10-13-16-19-22-25-26-27-28-31-34-37-40-43-46-49-55(64)72-59-57(66)56(65)58(60(67)68)73-61(59)70-51-52(71-54(63)48-45-42-39-36-33-30-24-21-18-15-12-9-6-3)50-69-53(62)47-44-41-38-35-32-29-23-20-17-14-11-8-5-2/h8-9,11-12,17-18,20-21,25-26,29-30,32-33,38-39,41-42,52,56-59,61,65-66H,4-7,10,13-16,19,22-24,27-28,31,34-37,40,43-51H2,1-3H3,(H,67,68)/b11-8-,12-9-,20-17-,21-18-,26-25-,32-29-,33-30-,41-38-,42-39-. The number of carboxylic acid groups (broad SMARTS) is 1. The quantitative estimate of drug-likeness (QED) is 0.0228. The van der Waals surface area contributed by atoms with Gasteiger partial charge in [-0.15, -0.1) is 0 Å². The number of carboxylic acids is 1. The van der Waals surface area contributed by atoms with E-state index >= 15 is 0 Å². The summed E-state index contributed by atoms with van der Waals surface area (Å²) in [7, 11) is 0. The van der Waals surface area contributed by atoms with Crippen molar-refractivity contribution in [1.82, 2.24) is 0 Å². The minimum absolute atomic E-state index is 0.0215. The number of allylic oxidation sites excluding steroid dienone is 18. The van der Waals surface area contributed by atoms with Gasteiger partial charge in [0.05, 0.1) is 6.61 Å². The molecule has 0 bridgehead atoms. The molecule has 0 aromatic heterocycles. The molecule has 0 aromatic carbocycles. The van der Waals surface area contributed by atoms with E-state index in [1.807, 2.05) is 30.4 Å². The maximum Gasteiger partial charge on any atom is 0.335 e. The van der Waals surface area contributed by atoms with E-state index in [1.165, 1.54) is 38.5 Å². The molecule has 0 amide bonds. The molecular formula is C61H96O12. The van der Waals surface area contributed by atoms with Crippen LogP contribution in [0.2, 0.25) is 0 Å². The number of aliphatic carboxylic acids is 1. The van der Waals surface area contributed by atoms with Gasteiger partial charge in [-0.25, -0.2) is 4.79 Å². The van der Waals surface area contributed by atoms with Crippen LogP contribution in [-0.2, 0) is 42.9 Å². The molecule has 12 nitrogen and oxygen atoms in total. The molecule has 0 aliphatic carbocycles. The summed E-state index contributed by atoms with van der Waals surface area (Å²) in [4.78, 5) is 50.9. The van der Waals surface area contributed by atoms with Gasteiger partial charge < -0.3 is 39.0 Å². The number of aliphatic hydroxyl groups is 2. The molecule has 1 fully saturated rings. The summed E-state index contributed by atoms with van der Waals surface area (Å²) in [5.74, 6) is -3.36. The second-order valence-electron chi connectivity index (χ2n) is 18.4. The number of esters is 3. The molecule has 6 unspecified atom stereocenters. The topological polar surface area (TPSA) is 175 Å². The Morgan fingerprint density at radius 3 is 1.37 bits per heavy atom. The Labute approximate surface area is 440 Å². The maximum absolute atomic E-state index is 13.0. The lowest BCUT2D eigenvalue weighted by Crippen LogP contribution is -2.61. The van der Waals surface area contributed by atoms with Crippen LogP contribution in [0, 0.1) is 0 Å². The number of ether oxygens (including phenoxy) is 5. The third kappa shape index (κ3) is 38.6. The first-order valence-corrected chi connectivity index (χ1v) is 27.9. The molecule has 0 spiro atoms. The third-order valence-electron chi connectivity index (χ3n) is 11.8. The van der Waals surface area contributed by atoms with Gasteiger partial charge in [0.25, 0.3) is 0 Å². The summed E-state index contributed by atoms with van der Waals surface area (Å²) < 4.78 is 28.2. The van der Waals surface area contributed by atoms with Crippen LogP contribution in [0.15, 0.2) is 109 Å². The summed E-state index contributed by atoms with van der Waals surface area (Å²) in [5.41, 5.74) is 0. The van der Waals surface area contributed by atoms with Crippen LogP contribution in [0.5, 0.6) is 0 Å². The molecule has 12 heteroatoms. The van der Waals surface area contributed by atoms with Crippen molar-refractivity contribution in [3.63, 3.8) is 0 Å². The molecule has 0 radical (unpaired) electrons.